The fourth-order valence-electron chi connectivity index (χ4n) is 3.72. The molecule has 1 fully saturated rings. The van der Waals surface area contributed by atoms with E-state index in [0.717, 1.165) is 28.1 Å². The third kappa shape index (κ3) is 5.57. The van der Waals surface area contributed by atoms with Gasteiger partial charge in [0.25, 0.3) is 5.91 Å². The Morgan fingerprint density at radius 3 is 2.03 bits per heavy atom. The number of piperazine rings is 1. The van der Waals surface area contributed by atoms with E-state index in [4.69, 9.17) is 9.72 Å². The van der Waals surface area contributed by atoms with Crippen LogP contribution in [0.25, 0.3) is 22.5 Å². The molecule has 1 aliphatic heterocycles. The summed E-state index contributed by atoms with van der Waals surface area (Å²) in [5.74, 6) is -0.0546. The maximum Gasteiger partial charge on any atom is 0.410 e. The van der Waals surface area contributed by atoms with E-state index < -0.39 is 5.60 Å². The molecule has 0 N–H and O–H groups in total. The van der Waals surface area contributed by atoms with Crippen molar-refractivity contribution in [3.8, 4) is 22.5 Å². The molecule has 0 aliphatic carbocycles. The van der Waals surface area contributed by atoms with Crippen LogP contribution in [0.15, 0.2) is 55.1 Å². The fraction of sp³-hybridized carbons (Fsp3) is 0.346. The van der Waals surface area contributed by atoms with Crippen molar-refractivity contribution in [3.63, 3.8) is 0 Å². The molecule has 0 saturated carbocycles. The van der Waals surface area contributed by atoms with Gasteiger partial charge in [0.2, 0.25) is 0 Å². The van der Waals surface area contributed by atoms with Crippen LogP contribution < -0.4 is 0 Å². The molecule has 0 radical (unpaired) electrons. The lowest BCUT2D eigenvalue weighted by molar-refractivity contribution is 0.0141. The van der Waals surface area contributed by atoms with Gasteiger partial charge in [0.15, 0.2) is 0 Å². The van der Waals surface area contributed by atoms with E-state index in [9.17, 15) is 9.59 Å². The highest BCUT2D eigenvalue weighted by atomic mass is 16.6. The van der Waals surface area contributed by atoms with Crippen molar-refractivity contribution in [1.82, 2.24) is 24.8 Å². The van der Waals surface area contributed by atoms with Crippen LogP contribution in [0.1, 0.15) is 36.7 Å². The van der Waals surface area contributed by atoms with E-state index in [1.54, 1.807) is 46.7 Å². The first kappa shape index (κ1) is 23.4. The monoisotopic (exact) mass is 459 g/mol. The number of pyridine rings is 1. The number of aryl methyl sites for hydroxylation is 1. The summed E-state index contributed by atoms with van der Waals surface area (Å²) in [7, 11) is 0. The topological polar surface area (TPSA) is 88.5 Å². The SMILES string of the molecule is Cc1cncc(-c2cncc(-c3ccc(C(=O)N4CCN(C(=O)OC(C)(C)C)CC4)cc3)n2)c1. The van der Waals surface area contributed by atoms with Crippen LogP contribution in [-0.2, 0) is 4.74 Å². The molecule has 2 amide bonds. The molecule has 8 heteroatoms. The Balaban J connectivity index is 1.41. The zero-order chi connectivity index (χ0) is 24.3. The van der Waals surface area contributed by atoms with Gasteiger partial charge in [-0.25, -0.2) is 9.78 Å². The molecule has 1 saturated heterocycles. The molecular weight excluding hydrogens is 430 g/mol. The van der Waals surface area contributed by atoms with Crippen LogP contribution in [0.5, 0.6) is 0 Å². The van der Waals surface area contributed by atoms with Crippen LogP contribution in [-0.4, -0.2) is 68.5 Å². The van der Waals surface area contributed by atoms with Crippen molar-refractivity contribution in [3.05, 3.63) is 66.2 Å². The van der Waals surface area contributed by atoms with E-state index in [1.165, 1.54) is 0 Å². The predicted molar refractivity (Wildman–Crippen MR) is 129 cm³/mol. The van der Waals surface area contributed by atoms with E-state index in [-0.39, 0.29) is 12.0 Å². The van der Waals surface area contributed by atoms with Gasteiger partial charge in [-0.1, -0.05) is 12.1 Å². The van der Waals surface area contributed by atoms with E-state index >= 15 is 0 Å². The van der Waals surface area contributed by atoms with Gasteiger partial charge in [-0.2, -0.15) is 0 Å². The van der Waals surface area contributed by atoms with Gasteiger partial charge in [0.1, 0.15) is 5.60 Å². The normalized spacial score (nSPS) is 14.1. The van der Waals surface area contributed by atoms with Gasteiger partial charge in [-0.05, 0) is 51.5 Å². The van der Waals surface area contributed by atoms with E-state index in [2.05, 4.69) is 9.97 Å². The summed E-state index contributed by atoms with van der Waals surface area (Å²) in [6.45, 7) is 9.36. The van der Waals surface area contributed by atoms with Crippen LogP contribution >= 0.6 is 0 Å². The highest BCUT2D eigenvalue weighted by Gasteiger charge is 2.28. The van der Waals surface area contributed by atoms with Crippen molar-refractivity contribution in [2.45, 2.75) is 33.3 Å². The highest BCUT2D eigenvalue weighted by molar-refractivity contribution is 5.94. The number of ether oxygens (including phenoxy) is 1. The maximum atomic E-state index is 13.0. The number of amides is 2. The standard InChI is InChI=1S/C26H29N5O3/c1-18-13-21(15-27-14-18)23-17-28-16-22(29-23)19-5-7-20(8-6-19)24(32)30-9-11-31(12-10-30)25(33)34-26(2,3)4/h5-8,13-17H,9-12H2,1-4H3. The molecule has 2 aromatic heterocycles. The predicted octanol–water partition coefficient (Wildman–Crippen LogP) is 4.21. The molecule has 176 valence electrons. The molecule has 1 aromatic carbocycles. The molecule has 0 atom stereocenters. The molecule has 34 heavy (non-hydrogen) atoms. The van der Waals surface area contributed by atoms with Gasteiger partial charge in [-0.3, -0.25) is 14.8 Å². The molecule has 8 nitrogen and oxygen atoms in total. The lowest BCUT2D eigenvalue weighted by Gasteiger charge is -2.35. The number of hydrogen-bond donors (Lipinski definition) is 0. The summed E-state index contributed by atoms with van der Waals surface area (Å²) >= 11 is 0. The van der Waals surface area contributed by atoms with Gasteiger partial charge in [-0.15, -0.1) is 0 Å². The number of rotatable bonds is 3. The maximum absolute atomic E-state index is 13.0. The van der Waals surface area contributed by atoms with Gasteiger partial charge < -0.3 is 14.5 Å². The summed E-state index contributed by atoms with van der Waals surface area (Å²) < 4.78 is 5.42. The summed E-state index contributed by atoms with van der Waals surface area (Å²) in [4.78, 5) is 41.9. The Hall–Kier alpha value is -3.81. The molecule has 3 heterocycles. The van der Waals surface area contributed by atoms with Crippen LogP contribution in [0.2, 0.25) is 0 Å². The third-order valence-corrected chi connectivity index (χ3v) is 5.45. The Labute approximate surface area is 199 Å². The lowest BCUT2D eigenvalue weighted by atomic mass is 10.1. The molecule has 1 aliphatic rings. The largest absolute Gasteiger partial charge is 0.444 e. The number of aromatic nitrogens is 3. The number of carbonyl (C=O) groups excluding carboxylic acids is 2. The number of carbonyl (C=O) groups is 2. The smallest absolute Gasteiger partial charge is 0.410 e. The quantitative estimate of drug-likeness (QED) is 0.583. The Bertz CT molecular complexity index is 1180. The van der Waals surface area contributed by atoms with E-state index in [0.29, 0.717) is 31.7 Å². The minimum Gasteiger partial charge on any atom is -0.444 e. The van der Waals surface area contributed by atoms with Gasteiger partial charge >= 0.3 is 6.09 Å². The van der Waals surface area contributed by atoms with Crippen LogP contribution in [0.3, 0.4) is 0 Å². The number of hydrogen-bond acceptors (Lipinski definition) is 6. The van der Waals surface area contributed by atoms with Crippen molar-refractivity contribution in [2.24, 2.45) is 0 Å². The fourth-order valence-corrected chi connectivity index (χ4v) is 3.72. The zero-order valence-corrected chi connectivity index (χ0v) is 20.0. The average molecular weight is 460 g/mol. The molecule has 0 unspecified atom stereocenters. The third-order valence-electron chi connectivity index (χ3n) is 5.45. The second-order valence-electron chi connectivity index (χ2n) is 9.38. The minimum atomic E-state index is -0.535. The summed E-state index contributed by atoms with van der Waals surface area (Å²) in [6, 6.07) is 9.39. The first-order valence-electron chi connectivity index (χ1n) is 11.3. The van der Waals surface area contributed by atoms with Crippen molar-refractivity contribution < 1.29 is 14.3 Å². The summed E-state index contributed by atoms with van der Waals surface area (Å²) in [5, 5.41) is 0. The molecule has 4 rings (SSSR count). The van der Waals surface area contributed by atoms with Gasteiger partial charge in [0.05, 0.1) is 23.8 Å². The summed E-state index contributed by atoms with van der Waals surface area (Å²) in [5.41, 5.74) is 4.38. The second kappa shape index (κ2) is 9.59. The summed E-state index contributed by atoms with van der Waals surface area (Å²) in [6.07, 6.45) is 6.65. The van der Waals surface area contributed by atoms with Crippen molar-refractivity contribution >= 4 is 12.0 Å². The second-order valence-corrected chi connectivity index (χ2v) is 9.38. The molecule has 0 spiro atoms. The van der Waals surface area contributed by atoms with Gasteiger partial charge in [0, 0.05) is 55.3 Å². The highest BCUT2D eigenvalue weighted by Crippen LogP contribution is 2.22. The molecular formula is C26H29N5O3. The molecule has 0 bridgehead atoms. The van der Waals surface area contributed by atoms with Crippen molar-refractivity contribution in [1.29, 1.82) is 0 Å². The Morgan fingerprint density at radius 2 is 1.41 bits per heavy atom. The number of benzene rings is 1. The minimum absolute atomic E-state index is 0.0546. The Kier molecular flexibility index (Phi) is 6.58. The van der Waals surface area contributed by atoms with Crippen LogP contribution in [0, 0.1) is 6.92 Å². The number of nitrogens with zero attached hydrogens (tertiary/aromatic N) is 5. The van der Waals surface area contributed by atoms with Crippen LogP contribution in [0.4, 0.5) is 4.79 Å². The molecule has 3 aromatic rings. The van der Waals surface area contributed by atoms with E-state index in [1.807, 2.05) is 45.9 Å². The average Bonchev–Trinajstić information content (AvgIpc) is 2.83. The first-order chi connectivity index (χ1) is 16.2. The Morgan fingerprint density at radius 1 is 0.824 bits per heavy atom. The lowest BCUT2D eigenvalue weighted by Crippen LogP contribution is -2.51. The zero-order valence-electron chi connectivity index (χ0n) is 20.0. The van der Waals surface area contributed by atoms with Crippen molar-refractivity contribution in [2.75, 3.05) is 26.2 Å². The first-order valence-corrected chi connectivity index (χ1v) is 11.3.